The monoisotopic (exact) mass is 372 g/mol. The van der Waals surface area contributed by atoms with Crippen molar-refractivity contribution in [2.75, 3.05) is 11.5 Å². The first kappa shape index (κ1) is 16.2. The number of rotatable bonds is 4. The van der Waals surface area contributed by atoms with Crippen LogP contribution >= 0.6 is 23.2 Å². The summed E-state index contributed by atoms with van der Waals surface area (Å²) in [5.41, 5.74) is 15.6. The molecule has 2 aromatic carbocycles. The van der Waals surface area contributed by atoms with Crippen molar-refractivity contribution in [3.63, 3.8) is 0 Å². The van der Waals surface area contributed by atoms with Crippen molar-refractivity contribution < 1.29 is 0 Å². The quantitative estimate of drug-likeness (QED) is 0.486. The first-order valence-electron chi connectivity index (χ1n) is 8.12. The van der Waals surface area contributed by atoms with E-state index >= 15 is 0 Å². The third-order valence-electron chi connectivity index (χ3n) is 4.58. The van der Waals surface area contributed by atoms with E-state index in [2.05, 4.69) is 9.13 Å². The molecular formula is C19H18Cl2N4. The van der Waals surface area contributed by atoms with E-state index in [0.29, 0.717) is 21.4 Å². The van der Waals surface area contributed by atoms with Gasteiger partial charge in [-0.1, -0.05) is 35.3 Å². The fourth-order valence-electron chi connectivity index (χ4n) is 3.44. The van der Waals surface area contributed by atoms with Crippen LogP contribution in [-0.2, 0) is 13.1 Å². The zero-order valence-electron chi connectivity index (χ0n) is 13.5. The molecule has 25 heavy (non-hydrogen) atoms. The van der Waals surface area contributed by atoms with Crippen molar-refractivity contribution >= 4 is 56.4 Å². The number of hydrogen-bond acceptors (Lipinski definition) is 2. The normalized spacial score (nSPS) is 11.6. The van der Waals surface area contributed by atoms with E-state index in [1.807, 2.05) is 48.8 Å². The van der Waals surface area contributed by atoms with Gasteiger partial charge >= 0.3 is 0 Å². The number of benzene rings is 2. The summed E-state index contributed by atoms with van der Waals surface area (Å²) in [5.74, 6) is 0. The van der Waals surface area contributed by atoms with Gasteiger partial charge in [-0.05, 0) is 30.7 Å². The van der Waals surface area contributed by atoms with Crippen LogP contribution in [-0.4, -0.2) is 9.13 Å². The van der Waals surface area contributed by atoms with Crippen LogP contribution in [0.1, 0.15) is 6.42 Å². The first-order chi connectivity index (χ1) is 12.1. The summed E-state index contributed by atoms with van der Waals surface area (Å²) in [5, 5.41) is 3.23. The molecule has 2 heterocycles. The van der Waals surface area contributed by atoms with E-state index in [-0.39, 0.29) is 0 Å². The Labute approximate surface area is 155 Å². The third kappa shape index (κ3) is 2.71. The summed E-state index contributed by atoms with van der Waals surface area (Å²) in [6.45, 7) is 1.68. The van der Waals surface area contributed by atoms with Crippen molar-refractivity contribution in [2.45, 2.75) is 19.5 Å². The van der Waals surface area contributed by atoms with Crippen LogP contribution in [0.3, 0.4) is 0 Å². The Morgan fingerprint density at radius 1 is 0.720 bits per heavy atom. The van der Waals surface area contributed by atoms with Gasteiger partial charge in [0.2, 0.25) is 0 Å². The molecule has 2 aromatic heterocycles. The molecule has 0 amide bonds. The SMILES string of the molecule is Nc1cccc2c1c(Cl)cn2CCCn1cc(Cl)c2c(N)cccc21. The molecule has 0 saturated heterocycles. The highest BCUT2D eigenvalue weighted by atomic mass is 35.5. The summed E-state index contributed by atoms with van der Waals surface area (Å²) in [4.78, 5) is 0. The van der Waals surface area contributed by atoms with E-state index in [1.165, 1.54) is 0 Å². The second-order valence-electron chi connectivity index (χ2n) is 6.18. The van der Waals surface area contributed by atoms with Crippen LogP contribution in [0, 0.1) is 0 Å². The Hall–Kier alpha value is -2.30. The number of nitrogens with two attached hydrogens (primary N) is 2. The highest BCUT2D eigenvalue weighted by Gasteiger charge is 2.11. The lowest BCUT2D eigenvalue weighted by molar-refractivity contribution is 0.585. The molecule has 0 atom stereocenters. The van der Waals surface area contributed by atoms with Gasteiger partial charge in [0.15, 0.2) is 0 Å². The maximum Gasteiger partial charge on any atom is 0.0682 e. The number of anilines is 2. The van der Waals surface area contributed by atoms with Gasteiger partial charge in [-0.3, -0.25) is 0 Å². The predicted molar refractivity (Wildman–Crippen MR) is 107 cm³/mol. The van der Waals surface area contributed by atoms with E-state index < -0.39 is 0 Å². The molecular weight excluding hydrogens is 355 g/mol. The number of hydrogen-bond donors (Lipinski definition) is 2. The van der Waals surface area contributed by atoms with Gasteiger partial charge in [0.25, 0.3) is 0 Å². The minimum absolute atomic E-state index is 0.690. The van der Waals surface area contributed by atoms with Crippen molar-refractivity contribution in [3.05, 3.63) is 58.8 Å². The molecule has 4 N–H and O–H groups in total. The molecule has 0 radical (unpaired) electrons. The van der Waals surface area contributed by atoms with Crippen LogP contribution in [0.5, 0.6) is 0 Å². The van der Waals surface area contributed by atoms with Crippen molar-refractivity contribution in [3.8, 4) is 0 Å². The molecule has 0 spiro atoms. The Morgan fingerprint density at radius 3 is 1.60 bits per heavy atom. The molecule has 0 aliphatic heterocycles. The molecule has 4 aromatic rings. The summed E-state index contributed by atoms with van der Waals surface area (Å²) in [7, 11) is 0. The van der Waals surface area contributed by atoms with E-state index in [4.69, 9.17) is 34.7 Å². The van der Waals surface area contributed by atoms with Crippen molar-refractivity contribution in [2.24, 2.45) is 0 Å². The highest BCUT2D eigenvalue weighted by Crippen LogP contribution is 2.32. The van der Waals surface area contributed by atoms with E-state index in [0.717, 1.165) is 41.3 Å². The number of nitrogen functional groups attached to an aromatic ring is 2. The standard InChI is InChI=1S/C19H18Cl2N4/c20-12-10-24(16-6-1-4-14(22)18(12)16)8-3-9-25-11-13(21)19-15(23)5-2-7-17(19)25/h1-2,4-7,10-11H,3,8-9,22-23H2. The number of nitrogens with zero attached hydrogens (tertiary/aromatic N) is 2. The minimum Gasteiger partial charge on any atom is -0.398 e. The topological polar surface area (TPSA) is 61.9 Å². The molecule has 128 valence electrons. The largest absolute Gasteiger partial charge is 0.398 e. The number of aryl methyl sites for hydroxylation is 2. The Balaban J connectivity index is 1.58. The van der Waals surface area contributed by atoms with Gasteiger partial charge < -0.3 is 20.6 Å². The van der Waals surface area contributed by atoms with Gasteiger partial charge in [-0.2, -0.15) is 0 Å². The van der Waals surface area contributed by atoms with Gasteiger partial charge in [-0.15, -0.1) is 0 Å². The van der Waals surface area contributed by atoms with Crippen LogP contribution in [0.25, 0.3) is 21.8 Å². The Bertz CT molecular complexity index is 992. The average molecular weight is 373 g/mol. The number of aromatic nitrogens is 2. The van der Waals surface area contributed by atoms with Gasteiger partial charge in [-0.25, -0.2) is 0 Å². The smallest absolute Gasteiger partial charge is 0.0682 e. The van der Waals surface area contributed by atoms with E-state index in [1.54, 1.807) is 0 Å². The second kappa shape index (κ2) is 6.21. The van der Waals surface area contributed by atoms with Gasteiger partial charge in [0.1, 0.15) is 0 Å². The number of fused-ring (bicyclic) bond motifs is 2. The fourth-order valence-corrected chi connectivity index (χ4v) is 4.08. The Morgan fingerprint density at radius 2 is 1.16 bits per heavy atom. The average Bonchev–Trinajstić information content (AvgIpc) is 3.07. The zero-order chi connectivity index (χ0) is 17.6. The lowest BCUT2D eigenvalue weighted by Gasteiger charge is -2.08. The Kier molecular flexibility index (Phi) is 4.02. The van der Waals surface area contributed by atoms with Crippen LogP contribution in [0.4, 0.5) is 11.4 Å². The third-order valence-corrected chi connectivity index (χ3v) is 5.16. The lowest BCUT2D eigenvalue weighted by atomic mass is 10.2. The molecule has 0 aliphatic carbocycles. The summed E-state index contributed by atoms with van der Waals surface area (Å²) >= 11 is 12.7. The molecule has 0 aliphatic rings. The fraction of sp³-hybridized carbons (Fsp3) is 0.158. The van der Waals surface area contributed by atoms with Crippen molar-refractivity contribution in [1.82, 2.24) is 9.13 Å². The second-order valence-corrected chi connectivity index (χ2v) is 6.99. The lowest BCUT2D eigenvalue weighted by Crippen LogP contribution is -2.02. The zero-order valence-corrected chi connectivity index (χ0v) is 15.1. The summed E-state index contributed by atoms with van der Waals surface area (Å²) < 4.78 is 4.30. The molecule has 4 nitrogen and oxygen atoms in total. The maximum atomic E-state index is 6.34. The molecule has 4 rings (SSSR count). The maximum absolute atomic E-state index is 6.34. The van der Waals surface area contributed by atoms with Crippen LogP contribution in [0.15, 0.2) is 48.8 Å². The van der Waals surface area contributed by atoms with Crippen LogP contribution < -0.4 is 11.5 Å². The summed E-state index contributed by atoms with van der Waals surface area (Å²) in [6, 6.07) is 11.7. The van der Waals surface area contributed by atoms with Gasteiger partial charge in [0, 0.05) is 47.6 Å². The van der Waals surface area contributed by atoms with Crippen LogP contribution in [0.2, 0.25) is 10.0 Å². The minimum atomic E-state index is 0.690. The molecule has 6 heteroatoms. The van der Waals surface area contributed by atoms with E-state index in [9.17, 15) is 0 Å². The molecule has 0 bridgehead atoms. The number of halogens is 2. The van der Waals surface area contributed by atoms with Crippen molar-refractivity contribution in [1.29, 1.82) is 0 Å². The first-order valence-corrected chi connectivity index (χ1v) is 8.87. The van der Waals surface area contributed by atoms with Gasteiger partial charge in [0.05, 0.1) is 21.1 Å². The molecule has 0 unspecified atom stereocenters. The summed E-state index contributed by atoms with van der Waals surface area (Å²) in [6.07, 6.45) is 4.83. The highest BCUT2D eigenvalue weighted by molar-refractivity contribution is 6.37. The predicted octanol–water partition coefficient (Wildman–Crippen LogP) is 5.16. The molecule has 0 fully saturated rings. The molecule has 0 saturated carbocycles.